The Hall–Kier alpha value is -2.26. The second-order valence-corrected chi connectivity index (χ2v) is 5.43. The molecule has 0 unspecified atom stereocenters. The molecular formula is C18H15ClFNO. The van der Waals surface area contributed by atoms with Crippen LogP contribution in [-0.2, 0) is 0 Å². The van der Waals surface area contributed by atoms with Gasteiger partial charge in [0.1, 0.15) is 11.6 Å². The third-order valence-corrected chi connectivity index (χ3v) is 3.89. The fraction of sp³-hybridized carbons (Fsp3) is 0.111. The molecule has 112 valence electrons. The Kier molecular flexibility index (Phi) is 3.90. The van der Waals surface area contributed by atoms with Crippen LogP contribution in [0, 0.1) is 12.7 Å². The number of halogens is 2. The van der Waals surface area contributed by atoms with Crippen LogP contribution in [0.2, 0.25) is 5.02 Å². The molecule has 0 spiro atoms. The molecule has 0 N–H and O–H groups in total. The summed E-state index contributed by atoms with van der Waals surface area (Å²) >= 11 is 5.91. The minimum Gasteiger partial charge on any atom is -0.497 e. The Morgan fingerprint density at radius 3 is 2.59 bits per heavy atom. The Morgan fingerprint density at radius 2 is 1.86 bits per heavy atom. The molecule has 0 fully saturated rings. The average Bonchev–Trinajstić information content (AvgIpc) is 2.92. The highest BCUT2D eigenvalue weighted by Gasteiger charge is 2.11. The fourth-order valence-electron chi connectivity index (χ4n) is 2.51. The smallest absolute Gasteiger partial charge is 0.141 e. The maximum atomic E-state index is 13.4. The summed E-state index contributed by atoms with van der Waals surface area (Å²) in [7, 11) is 1.64. The van der Waals surface area contributed by atoms with E-state index in [9.17, 15) is 4.39 Å². The summed E-state index contributed by atoms with van der Waals surface area (Å²) in [6, 6.07) is 16.6. The lowest BCUT2D eigenvalue weighted by atomic mass is 10.1. The Labute approximate surface area is 133 Å². The van der Waals surface area contributed by atoms with Crippen molar-refractivity contribution in [2.45, 2.75) is 6.92 Å². The topological polar surface area (TPSA) is 14.2 Å². The summed E-state index contributed by atoms with van der Waals surface area (Å²) < 4.78 is 20.8. The minimum atomic E-state index is -0.415. The molecule has 1 heterocycles. The molecule has 0 aliphatic rings. The van der Waals surface area contributed by atoms with Crippen molar-refractivity contribution in [3.05, 3.63) is 71.1 Å². The van der Waals surface area contributed by atoms with Crippen molar-refractivity contribution >= 4 is 11.6 Å². The summed E-state index contributed by atoms with van der Waals surface area (Å²) in [5.41, 5.74) is 3.87. The first-order valence-electron chi connectivity index (χ1n) is 6.88. The molecule has 0 atom stereocenters. The molecule has 0 aliphatic heterocycles. The third-order valence-electron chi connectivity index (χ3n) is 3.60. The highest BCUT2D eigenvalue weighted by molar-refractivity contribution is 6.31. The summed E-state index contributed by atoms with van der Waals surface area (Å²) in [5, 5.41) is 0.119. The monoisotopic (exact) mass is 315 g/mol. The zero-order chi connectivity index (χ0) is 15.7. The van der Waals surface area contributed by atoms with Crippen LogP contribution in [0.4, 0.5) is 4.39 Å². The van der Waals surface area contributed by atoms with Gasteiger partial charge >= 0.3 is 0 Å². The molecule has 0 amide bonds. The molecule has 0 aliphatic carbocycles. The van der Waals surface area contributed by atoms with Crippen molar-refractivity contribution in [2.75, 3.05) is 7.11 Å². The van der Waals surface area contributed by atoms with Crippen LogP contribution in [0.1, 0.15) is 5.69 Å². The van der Waals surface area contributed by atoms with Gasteiger partial charge in [-0.05, 0) is 49.4 Å². The van der Waals surface area contributed by atoms with Gasteiger partial charge < -0.3 is 9.30 Å². The molecular weight excluding hydrogens is 301 g/mol. The number of hydrogen-bond acceptors (Lipinski definition) is 1. The van der Waals surface area contributed by atoms with Crippen LogP contribution in [0.3, 0.4) is 0 Å². The Balaban J connectivity index is 2.16. The normalized spacial score (nSPS) is 10.7. The minimum absolute atomic E-state index is 0.119. The molecule has 0 saturated carbocycles. The molecule has 2 nitrogen and oxygen atoms in total. The molecule has 0 radical (unpaired) electrons. The molecule has 4 heteroatoms. The summed E-state index contributed by atoms with van der Waals surface area (Å²) in [5.74, 6) is 0.371. The van der Waals surface area contributed by atoms with E-state index in [0.717, 1.165) is 28.4 Å². The van der Waals surface area contributed by atoms with E-state index >= 15 is 0 Å². The number of rotatable bonds is 3. The first-order chi connectivity index (χ1) is 10.6. The predicted octanol–water partition coefficient (Wildman–Crippen LogP) is 5.25. The summed E-state index contributed by atoms with van der Waals surface area (Å²) in [4.78, 5) is 0. The van der Waals surface area contributed by atoms with Gasteiger partial charge in [-0.15, -0.1) is 0 Å². The number of ether oxygens (including phenoxy) is 1. The van der Waals surface area contributed by atoms with E-state index in [1.165, 1.54) is 6.07 Å². The van der Waals surface area contributed by atoms with Crippen molar-refractivity contribution in [3.8, 4) is 22.7 Å². The van der Waals surface area contributed by atoms with Gasteiger partial charge in [0, 0.05) is 23.0 Å². The van der Waals surface area contributed by atoms with Crippen molar-refractivity contribution in [3.63, 3.8) is 0 Å². The second-order valence-electron chi connectivity index (χ2n) is 5.03. The van der Waals surface area contributed by atoms with Crippen molar-refractivity contribution in [1.82, 2.24) is 4.57 Å². The highest BCUT2D eigenvalue weighted by Crippen LogP contribution is 2.30. The van der Waals surface area contributed by atoms with E-state index in [4.69, 9.17) is 16.3 Å². The van der Waals surface area contributed by atoms with Crippen molar-refractivity contribution < 1.29 is 9.13 Å². The number of nitrogens with zero attached hydrogens (tertiary/aromatic N) is 1. The first-order valence-corrected chi connectivity index (χ1v) is 7.26. The first kappa shape index (κ1) is 14.7. The predicted molar refractivity (Wildman–Crippen MR) is 87.5 cm³/mol. The lowest BCUT2D eigenvalue weighted by Crippen LogP contribution is -1.99. The lowest BCUT2D eigenvalue weighted by molar-refractivity contribution is 0.414. The SMILES string of the molecule is COc1cccc(-n2c(C)ccc2-c2ccc(F)c(Cl)c2)c1. The third kappa shape index (κ3) is 2.60. The standard InChI is InChI=1S/C18H15ClFNO/c1-12-6-9-18(13-7-8-17(20)16(19)10-13)21(12)14-4-3-5-15(11-14)22-2/h3-11H,1-2H3. The van der Waals surface area contributed by atoms with Gasteiger partial charge in [-0.2, -0.15) is 0 Å². The maximum Gasteiger partial charge on any atom is 0.141 e. The molecule has 3 rings (SSSR count). The van der Waals surface area contributed by atoms with E-state index in [1.54, 1.807) is 19.2 Å². The van der Waals surface area contributed by atoms with Crippen LogP contribution in [0.15, 0.2) is 54.6 Å². The lowest BCUT2D eigenvalue weighted by Gasteiger charge is -2.13. The van der Waals surface area contributed by atoms with Gasteiger partial charge in [0.05, 0.1) is 17.8 Å². The fourth-order valence-corrected chi connectivity index (χ4v) is 2.69. The molecule has 1 aromatic heterocycles. The Morgan fingerprint density at radius 1 is 1.05 bits per heavy atom. The maximum absolute atomic E-state index is 13.4. The van der Waals surface area contributed by atoms with Gasteiger partial charge in [-0.25, -0.2) is 4.39 Å². The average molecular weight is 316 g/mol. The molecule has 2 aromatic carbocycles. The van der Waals surface area contributed by atoms with Crippen LogP contribution in [-0.4, -0.2) is 11.7 Å². The molecule has 22 heavy (non-hydrogen) atoms. The largest absolute Gasteiger partial charge is 0.497 e. The van der Waals surface area contributed by atoms with Gasteiger partial charge in [-0.3, -0.25) is 0 Å². The molecule has 3 aromatic rings. The van der Waals surface area contributed by atoms with Crippen molar-refractivity contribution in [2.24, 2.45) is 0 Å². The quantitative estimate of drug-likeness (QED) is 0.643. The van der Waals surface area contributed by atoms with E-state index < -0.39 is 5.82 Å². The number of aromatic nitrogens is 1. The summed E-state index contributed by atoms with van der Waals surface area (Å²) in [6.07, 6.45) is 0. The molecule has 0 saturated heterocycles. The van der Waals surface area contributed by atoms with Crippen LogP contribution in [0.25, 0.3) is 16.9 Å². The van der Waals surface area contributed by atoms with Gasteiger partial charge in [0.2, 0.25) is 0 Å². The van der Waals surface area contributed by atoms with Crippen LogP contribution < -0.4 is 4.74 Å². The van der Waals surface area contributed by atoms with E-state index in [-0.39, 0.29) is 5.02 Å². The molecule has 0 bridgehead atoms. The highest BCUT2D eigenvalue weighted by atomic mass is 35.5. The second kappa shape index (κ2) is 5.85. The van der Waals surface area contributed by atoms with Crippen LogP contribution >= 0.6 is 11.6 Å². The van der Waals surface area contributed by atoms with Crippen LogP contribution in [0.5, 0.6) is 5.75 Å². The Bertz CT molecular complexity index is 826. The zero-order valence-corrected chi connectivity index (χ0v) is 13.1. The van der Waals surface area contributed by atoms with E-state index in [2.05, 4.69) is 4.57 Å². The van der Waals surface area contributed by atoms with E-state index in [0.29, 0.717) is 0 Å². The number of benzene rings is 2. The van der Waals surface area contributed by atoms with Gasteiger partial charge in [-0.1, -0.05) is 17.7 Å². The number of hydrogen-bond donors (Lipinski definition) is 0. The van der Waals surface area contributed by atoms with Gasteiger partial charge in [0.25, 0.3) is 0 Å². The summed E-state index contributed by atoms with van der Waals surface area (Å²) in [6.45, 7) is 2.02. The zero-order valence-electron chi connectivity index (χ0n) is 12.3. The van der Waals surface area contributed by atoms with E-state index in [1.807, 2.05) is 43.3 Å². The van der Waals surface area contributed by atoms with Gasteiger partial charge in [0.15, 0.2) is 0 Å². The number of methoxy groups -OCH3 is 1. The number of aryl methyl sites for hydroxylation is 1. The van der Waals surface area contributed by atoms with Crippen molar-refractivity contribution in [1.29, 1.82) is 0 Å².